The number of benzene rings is 1. The van der Waals surface area contributed by atoms with Crippen molar-refractivity contribution in [3.8, 4) is 0 Å². The lowest BCUT2D eigenvalue weighted by Crippen LogP contribution is -2.34. The molecule has 1 aliphatic rings. The van der Waals surface area contributed by atoms with Crippen molar-refractivity contribution in [1.82, 2.24) is 10.2 Å². The van der Waals surface area contributed by atoms with Crippen LogP contribution >= 0.6 is 0 Å². The summed E-state index contributed by atoms with van der Waals surface area (Å²) < 4.78 is 13.1. The molecule has 3 heteroatoms. The Kier molecular flexibility index (Phi) is 5.14. The van der Waals surface area contributed by atoms with Crippen LogP contribution in [-0.4, -0.2) is 31.6 Å². The van der Waals surface area contributed by atoms with Crippen molar-refractivity contribution in [2.24, 2.45) is 5.92 Å². The van der Waals surface area contributed by atoms with Crippen LogP contribution in [0.2, 0.25) is 0 Å². The predicted molar refractivity (Wildman–Crippen MR) is 72.9 cm³/mol. The highest BCUT2D eigenvalue weighted by Crippen LogP contribution is 2.21. The van der Waals surface area contributed by atoms with E-state index in [1.807, 2.05) is 13.1 Å². The molecule has 0 spiro atoms. The Morgan fingerprint density at radius 1 is 1.33 bits per heavy atom. The molecule has 0 amide bonds. The first-order chi connectivity index (χ1) is 8.78. The van der Waals surface area contributed by atoms with Gasteiger partial charge in [0.1, 0.15) is 5.82 Å². The lowest BCUT2D eigenvalue weighted by atomic mass is 9.93. The van der Waals surface area contributed by atoms with E-state index >= 15 is 0 Å². The Bertz CT molecular complexity index is 359. The molecule has 0 aliphatic carbocycles. The summed E-state index contributed by atoms with van der Waals surface area (Å²) in [5.41, 5.74) is 1.09. The number of nitrogens with one attached hydrogen (secondary N) is 1. The van der Waals surface area contributed by atoms with Crippen LogP contribution in [0.5, 0.6) is 0 Å². The summed E-state index contributed by atoms with van der Waals surface area (Å²) in [5.74, 6) is 0.734. The zero-order valence-electron chi connectivity index (χ0n) is 11.2. The maximum absolute atomic E-state index is 13.1. The van der Waals surface area contributed by atoms with Crippen LogP contribution in [-0.2, 0) is 6.54 Å². The van der Waals surface area contributed by atoms with Gasteiger partial charge in [-0.05, 0) is 69.6 Å². The minimum absolute atomic E-state index is 0.128. The van der Waals surface area contributed by atoms with Crippen molar-refractivity contribution in [2.45, 2.75) is 25.8 Å². The number of hydrogen-bond acceptors (Lipinski definition) is 2. The van der Waals surface area contributed by atoms with Crippen LogP contribution in [0.25, 0.3) is 0 Å². The van der Waals surface area contributed by atoms with Gasteiger partial charge in [0.05, 0.1) is 0 Å². The monoisotopic (exact) mass is 250 g/mol. The first-order valence-electron chi connectivity index (χ1n) is 6.89. The summed E-state index contributed by atoms with van der Waals surface area (Å²) in [6.45, 7) is 4.29. The van der Waals surface area contributed by atoms with E-state index in [0.29, 0.717) is 0 Å². The van der Waals surface area contributed by atoms with Crippen LogP contribution in [0, 0.1) is 11.7 Å². The second-order valence-corrected chi connectivity index (χ2v) is 5.24. The minimum atomic E-state index is -0.128. The first-order valence-corrected chi connectivity index (χ1v) is 6.89. The molecule has 0 atom stereocenters. The lowest BCUT2D eigenvalue weighted by molar-refractivity contribution is 0.172. The van der Waals surface area contributed by atoms with Crippen molar-refractivity contribution in [2.75, 3.05) is 26.7 Å². The fourth-order valence-electron chi connectivity index (χ4n) is 2.68. The van der Waals surface area contributed by atoms with Gasteiger partial charge >= 0.3 is 0 Å². The van der Waals surface area contributed by atoms with E-state index in [1.165, 1.54) is 25.3 Å². The van der Waals surface area contributed by atoms with E-state index in [-0.39, 0.29) is 5.82 Å². The zero-order valence-corrected chi connectivity index (χ0v) is 11.2. The predicted octanol–water partition coefficient (Wildman–Crippen LogP) is 2.65. The molecule has 2 rings (SSSR count). The summed E-state index contributed by atoms with van der Waals surface area (Å²) in [6, 6.07) is 6.96. The largest absolute Gasteiger partial charge is 0.320 e. The maximum Gasteiger partial charge on any atom is 0.123 e. The molecule has 0 saturated carbocycles. The molecule has 1 aromatic rings. The molecule has 1 aromatic carbocycles. The molecule has 18 heavy (non-hydrogen) atoms. The van der Waals surface area contributed by atoms with Crippen LogP contribution in [0.4, 0.5) is 4.39 Å². The van der Waals surface area contributed by atoms with Crippen LogP contribution in [0.1, 0.15) is 24.8 Å². The zero-order chi connectivity index (χ0) is 12.8. The van der Waals surface area contributed by atoms with Gasteiger partial charge in [0.25, 0.3) is 0 Å². The molecule has 1 aliphatic heterocycles. The second-order valence-electron chi connectivity index (χ2n) is 5.24. The number of piperidine rings is 1. The smallest absolute Gasteiger partial charge is 0.123 e. The third kappa shape index (κ3) is 4.07. The SMILES string of the molecule is CNCCC1CCN(Cc2cccc(F)c2)CC1. The fraction of sp³-hybridized carbons (Fsp3) is 0.600. The molecule has 0 unspecified atom stereocenters. The highest BCUT2D eigenvalue weighted by Gasteiger charge is 2.18. The van der Waals surface area contributed by atoms with E-state index in [2.05, 4.69) is 10.2 Å². The third-order valence-electron chi connectivity index (χ3n) is 3.80. The number of likely N-dealkylation sites (tertiary alicyclic amines) is 1. The normalized spacial score (nSPS) is 18.1. The van der Waals surface area contributed by atoms with Gasteiger partial charge < -0.3 is 5.32 Å². The topological polar surface area (TPSA) is 15.3 Å². The van der Waals surface area contributed by atoms with Crippen molar-refractivity contribution < 1.29 is 4.39 Å². The molecule has 2 nitrogen and oxygen atoms in total. The molecular formula is C15H23FN2. The molecule has 0 radical (unpaired) electrons. The van der Waals surface area contributed by atoms with E-state index in [0.717, 1.165) is 37.7 Å². The highest BCUT2D eigenvalue weighted by atomic mass is 19.1. The van der Waals surface area contributed by atoms with Gasteiger partial charge in [0, 0.05) is 6.54 Å². The molecule has 0 aromatic heterocycles. The summed E-state index contributed by atoms with van der Waals surface area (Å²) in [5, 5.41) is 3.22. The number of halogens is 1. The van der Waals surface area contributed by atoms with Crippen molar-refractivity contribution in [1.29, 1.82) is 0 Å². The van der Waals surface area contributed by atoms with Gasteiger partial charge in [-0.2, -0.15) is 0 Å². The average molecular weight is 250 g/mol. The molecular weight excluding hydrogens is 227 g/mol. The van der Waals surface area contributed by atoms with Gasteiger partial charge in [0.2, 0.25) is 0 Å². The Morgan fingerprint density at radius 3 is 2.78 bits per heavy atom. The van der Waals surface area contributed by atoms with Crippen LogP contribution in [0.15, 0.2) is 24.3 Å². The maximum atomic E-state index is 13.1. The Balaban J connectivity index is 1.76. The molecule has 1 N–H and O–H groups in total. The van der Waals surface area contributed by atoms with E-state index in [9.17, 15) is 4.39 Å². The Labute approximate surface area is 109 Å². The summed E-state index contributed by atoms with van der Waals surface area (Å²) >= 11 is 0. The van der Waals surface area contributed by atoms with Gasteiger partial charge in [-0.25, -0.2) is 4.39 Å². The molecule has 1 saturated heterocycles. The second kappa shape index (κ2) is 6.86. The standard InChI is InChI=1S/C15H23FN2/c1-17-8-5-13-6-9-18(10-7-13)12-14-3-2-4-15(16)11-14/h2-4,11,13,17H,5-10,12H2,1H3. The third-order valence-corrected chi connectivity index (χ3v) is 3.80. The number of rotatable bonds is 5. The molecule has 1 fully saturated rings. The van der Waals surface area contributed by atoms with Crippen molar-refractivity contribution in [3.05, 3.63) is 35.6 Å². The minimum Gasteiger partial charge on any atom is -0.320 e. The van der Waals surface area contributed by atoms with Gasteiger partial charge in [-0.15, -0.1) is 0 Å². The van der Waals surface area contributed by atoms with E-state index in [1.54, 1.807) is 12.1 Å². The van der Waals surface area contributed by atoms with Crippen molar-refractivity contribution >= 4 is 0 Å². The van der Waals surface area contributed by atoms with Crippen LogP contribution < -0.4 is 5.32 Å². The quantitative estimate of drug-likeness (QED) is 0.864. The Hall–Kier alpha value is -0.930. The van der Waals surface area contributed by atoms with Crippen molar-refractivity contribution in [3.63, 3.8) is 0 Å². The van der Waals surface area contributed by atoms with E-state index in [4.69, 9.17) is 0 Å². The van der Waals surface area contributed by atoms with Crippen LogP contribution in [0.3, 0.4) is 0 Å². The van der Waals surface area contributed by atoms with Gasteiger partial charge in [-0.3, -0.25) is 4.90 Å². The van der Waals surface area contributed by atoms with E-state index < -0.39 is 0 Å². The average Bonchev–Trinajstić information content (AvgIpc) is 2.38. The lowest BCUT2D eigenvalue weighted by Gasteiger charge is -2.32. The fourth-order valence-corrected chi connectivity index (χ4v) is 2.68. The summed E-state index contributed by atoms with van der Waals surface area (Å²) in [7, 11) is 2.01. The molecule has 1 heterocycles. The summed E-state index contributed by atoms with van der Waals surface area (Å²) in [4.78, 5) is 2.44. The summed E-state index contributed by atoms with van der Waals surface area (Å²) in [6.07, 6.45) is 3.83. The molecule has 100 valence electrons. The van der Waals surface area contributed by atoms with Gasteiger partial charge in [0.15, 0.2) is 0 Å². The Morgan fingerprint density at radius 2 is 2.11 bits per heavy atom. The number of hydrogen-bond donors (Lipinski definition) is 1. The highest BCUT2D eigenvalue weighted by molar-refractivity contribution is 5.16. The first kappa shape index (κ1) is 13.5. The van der Waals surface area contributed by atoms with Gasteiger partial charge in [-0.1, -0.05) is 12.1 Å². The molecule has 0 bridgehead atoms. The number of nitrogens with zero attached hydrogens (tertiary/aromatic N) is 1.